The summed E-state index contributed by atoms with van der Waals surface area (Å²) in [6, 6.07) is 9.83. The molecule has 88 valence electrons. The summed E-state index contributed by atoms with van der Waals surface area (Å²) in [5.74, 6) is 0. The van der Waals surface area contributed by atoms with Crippen LogP contribution in [-0.4, -0.2) is 18.6 Å². The van der Waals surface area contributed by atoms with Crippen molar-refractivity contribution in [3.8, 4) is 0 Å². The third kappa shape index (κ3) is 3.32. The molecule has 16 heavy (non-hydrogen) atoms. The number of hydrogen-bond donors (Lipinski definition) is 2. The standard InChI is InChI=1S/C14H22N2/c1-11-3-2-4-12(9-11)7-8-16-14-6-5-13(15)10-14/h2-4,9,13-14,16H,5-8,10,15H2,1H3. The van der Waals surface area contributed by atoms with E-state index in [0.29, 0.717) is 12.1 Å². The molecule has 0 radical (unpaired) electrons. The maximum Gasteiger partial charge on any atom is 0.00824 e. The number of aryl methyl sites for hydroxylation is 1. The molecule has 0 amide bonds. The van der Waals surface area contributed by atoms with Crippen LogP contribution in [0, 0.1) is 6.92 Å². The Morgan fingerprint density at radius 3 is 2.94 bits per heavy atom. The van der Waals surface area contributed by atoms with Crippen LogP contribution in [0.5, 0.6) is 0 Å². The topological polar surface area (TPSA) is 38.0 Å². The molecular formula is C14H22N2. The lowest BCUT2D eigenvalue weighted by atomic mass is 10.1. The second kappa shape index (κ2) is 5.46. The van der Waals surface area contributed by atoms with Crippen molar-refractivity contribution >= 4 is 0 Å². The van der Waals surface area contributed by atoms with Gasteiger partial charge in [0.05, 0.1) is 0 Å². The molecule has 0 bridgehead atoms. The molecule has 0 heterocycles. The van der Waals surface area contributed by atoms with Gasteiger partial charge in [0.15, 0.2) is 0 Å². The molecule has 0 spiro atoms. The lowest BCUT2D eigenvalue weighted by Gasteiger charge is -2.12. The summed E-state index contributed by atoms with van der Waals surface area (Å²) in [7, 11) is 0. The third-order valence-electron chi connectivity index (χ3n) is 3.40. The number of benzene rings is 1. The fraction of sp³-hybridized carbons (Fsp3) is 0.571. The SMILES string of the molecule is Cc1cccc(CCNC2CCC(N)C2)c1. The molecule has 0 aliphatic heterocycles. The highest BCUT2D eigenvalue weighted by Crippen LogP contribution is 2.16. The molecule has 1 aliphatic rings. The summed E-state index contributed by atoms with van der Waals surface area (Å²) >= 11 is 0. The minimum Gasteiger partial charge on any atom is -0.328 e. The molecule has 1 aromatic rings. The van der Waals surface area contributed by atoms with Crippen molar-refractivity contribution < 1.29 is 0 Å². The van der Waals surface area contributed by atoms with E-state index in [4.69, 9.17) is 5.73 Å². The van der Waals surface area contributed by atoms with Crippen molar-refractivity contribution in [2.75, 3.05) is 6.54 Å². The van der Waals surface area contributed by atoms with E-state index in [2.05, 4.69) is 36.5 Å². The van der Waals surface area contributed by atoms with Crippen molar-refractivity contribution in [1.82, 2.24) is 5.32 Å². The summed E-state index contributed by atoms with van der Waals surface area (Å²) < 4.78 is 0. The van der Waals surface area contributed by atoms with Gasteiger partial charge in [0.1, 0.15) is 0 Å². The average molecular weight is 218 g/mol. The zero-order valence-electron chi connectivity index (χ0n) is 10.1. The van der Waals surface area contributed by atoms with E-state index in [1.54, 1.807) is 0 Å². The molecule has 2 unspecified atom stereocenters. The largest absolute Gasteiger partial charge is 0.328 e. The fourth-order valence-electron chi connectivity index (χ4n) is 2.49. The van der Waals surface area contributed by atoms with Crippen LogP contribution < -0.4 is 11.1 Å². The van der Waals surface area contributed by atoms with Crippen LogP contribution >= 0.6 is 0 Å². The van der Waals surface area contributed by atoms with Crippen LogP contribution in [0.1, 0.15) is 30.4 Å². The number of nitrogens with one attached hydrogen (secondary N) is 1. The predicted octanol–water partition coefficient (Wildman–Crippen LogP) is 2.01. The Morgan fingerprint density at radius 2 is 2.25 bits per heavy atom. The monoisotopic (exact) mass is 218 g/mol. The van der Waals surface area contributed by atoms with E-state index in [-0.39, 0.29) is 0 Å². The van der Waals surface area contributed by atoms with Gasteiger partial charge in [-0.3, -0.25) is 0 Å². The highest BCUT2D eigenvalue weighted by atomic mass is 14.9. The zero-order valence-corrected chi connectivity index (χ0v) is 10.1. The summed E-state index contributed by atoms with van der Waals surface area (Å²) in [4.78, 5) is 0. The van der Waals surface area contributed by atoms with Crippen LogP contribution in [0.25, 0.3) is 0 Å². The quantitative estimate of drug-likeness (QED) is 0.811. The number of hydrogen-bond acceptors (Lipinski definition) is 2. The Morgan fingerprint density at radius 1 is 1.38 bits per heavy atom. The highest BCUT2D eigenvalue weighted by molar-refractivity contribution is 5.22. The lowest BCUT2D eigenvalue weighted by Crippen LogP contribution is -2.30. The van der Waals surface area contributed by atoms with Gasteiger partial charge in [0.2, 0.25) is 0 Å². The maximum atomic E-state index is 5.89. The first-order valence-electron chi connectivity index (χ1n) is 6.28. The van der Waals surface area contributed by atoms with E-state index in [9.17, 15) is 0 Å². The number of rotatable bonds is 4. The fourth-order valence-corrected chi connectivity index (χ4v) is 2.49. The van der Waals surface area contributed by atoms with Gasteiger partial charge in [0.25, 0.3) is 0 Å². The minimum atomic E-state index is 0.427. The summed E-state index contributed by atoms with van der Waals surface area (Å²) in [5.41, 5.74) is 8.66. The second-order valence-corrected chi connectivity index (χ2v) is 4.96. The molecule has 2 atom stereocenters. The summed E-state index contributed by atoms with van der Waals surface area (Å²) in [5, 5.41) is 3.60. The van der Waals surface area contributed by atoms with Crippen molar-refractivity contribution in [3.63, 3.8) is 0 Å². The molecule has 1 saturated carbocycles. The van der Waals surface area contributed by atoms with Crippen LogP contribution in [0.3, 0.4) is 0 Å². The van der Waals surface area contributed by atoms with Crippen molar-refractivity contribution in [3.05, 3.63) is 35.4 Å². The van der Waals surface area contributed by atoms with E-state index in [1.165, 1.54) is 24.0 Å². The van der Waals surface area contributed by atoms with Gasteiger partial charge < -0.3 is 11.1 Å². The first kappa shape index (κ1) is 11.6. The van der Waals surface area contributed by atoms with E-state index < -0.39 is 0 Å². The van der Waals surface area contributed by atoms with Gasteiger partial charge in [-0.2, -0.15) is 0 Å². The smallest absolute Gasteiger partial charge is 0.00824 e. The Kier molecular flexibility index (Phi) is 3.97. The molecule has 0 saturated heterocycles. The molecular weight excluding hydrogens is 196 g/mol. The molecule has 2 heteroatoms. The molecule has 2 nitrogen and oxygen atoms in total. The minimum absolute atomic E-state index is 0.427. The van der Waals surface area contributed by atoms with Crippen molar-refractivity contribution in [2.24, 2.45) is 5.73 Å². The van der Waals surface area contributed by atoms with Crippen molar-refractivity contribution in [2.45, 2.75) is 44.7 Å². The third-order valence-corrected chi connectivity index (χ3v) is 3.40. The molecule has 1 aromatic carbocycles. The van der Waals surface area contributed by atoms with Crippen LogP contribution in [-0.2, 0) is 6.42 Å². The second-order valence-electron chi connectivity index (χ2n) is 4.96. The Balaban J connectivity index is 1.72. The molecule has 1 aliphatic carbocycles. The van der Waals surface area contributed by atoms with Crippen LogP contribution in [0.4, 0.5) is 0 Å². The van der Waals surface area contributed by atoms with Gasteiger partial charge in [-0.1, -0.05) is 29.8 Å². The van der Waals surface area contributed by atoms with E-state index >= 15 is 0 Å². The van der Waals surface area contributed by atoms with Gasteiger partial charge in [-0.05, 0) is 44.7 Å². The maximum absolute atomic E-state index is 5.89. The van der Waals surface area contributed by atoms with Gasteiger partial charge in [-0.15, -0.1) is 0 Å². The zero-order chi connectivity index (χ0) is 11.4. The Hall–Kier alpha value is -0.860. The van der Waals surface area contributed by atoms with Crippen molar-refractivity contribution in [1.29, 1.82) is 0 Å². The Bertz CT molecular complexity index is 335. The van der Waals surface area contributed by atoms with E-state index in [0.717, 1.165) is 19.4 Å². The lowest BCUT2D eigenvalue weighted by molar-refractivity contribution is 0.520. The van der Waals surface area contributed by atoms with Gasteiger partial charge >= 0.3 is 0 Å². The summed E-state index contributed by atoms with van der Waals surface area (Å²) in [6.45, 7) is 3.22. The van der Waals surface area contributed by atoms with Crippen LogP contribution in [0.2, 0.25) is 0 Å². The number of nitrogens with two attached hydrogens (primary N) is 1. The van der Waals surface area contributed by atoms with Gasteiger partial charge in [0, 0.05) is 12.1 Å². The van der Waals surface area contributed by atoms with Crippen LogP contribution in [0.15, 0.2) is 24.3 Å². The molecule has 1 fully saturated rings. The summed E-state index contributed by atoms with van der Waals surface area (Å²) in [6.07, 6.45) is 4.69. The Labute approximate surface area is 98.2 Å². The molecule has 3 N–H and O–H groups in total. The first-order valence-corrected chi connectivity index (χ1v) is 6.28. The average Bonchev–Trinajstić information content (AvgIpc) is 2.64. The highest BCUT2D eigenvalue weighted by Gasteiger charge is 2.20. The first-order chi connectivity index (χ1) is 7.74. The van der Waals surface area contributed by atoms with E-state index in [1.807, 2.05) is 0 Å². The van der Waals surface area contributed by atoms with Gasteiger partial charge in [-0.25, -0.2) is 0 Å². The normalized spacial score (nSPS) is 24.9. The molecule has 0 aromatic heterocycles. The predicted molar refractivity (Wildman–Crippen MR) is 68.5 cm³/mol. The molecule has 2 rings (SSSR count).